The molecule has 110 valence electrons. The second-order valence-electron chi connectivity index (χ2n) is 6.65. The number of hydrogen-bond donors (Lipinski definition) is 3. The van der Waals surface area contributed by atoms with Crippen molar-refractivity contribution in [3.63, 3.8) is 0 Å². The molecule has 5 nitrogen and oxygen atoms in total. The SMILES string of the molecule is CC(C)(C)C1CCCCC1NC(=O)C(N)CC(N)=O. The summed E-state index contributed by atoms with van der Waals surface area (Å²) in [4.78, 5) is 22.8. The number of nitrogens with two attached hydrogens (primary N) is 2. The van der Waals surface area contributed by atoms with E-state index in [0.29, 0.717) is 5.92 Å². The molecular weight excluding hydrogens is 242 g/mol. The highest BCUT2D eigenvalue weighted by molar-refractivity contribution is 5.87. The summed E-state index contributed by atoms with van der Waals surface area (Å²) in [5.74, 6) is -0.357. The van der Waals surface area contributed by atoms with Gasteiger partial charge in [-0.1, -0.05) is 33.6 Å². The molecule has 0 aliphatic heterocycles. The smallest absolute Gasteiger partial charge is 0.237 e. The van der Waals surface area contributed by atoms with Crippen molar-refractivity contribution in [3.8, 4) is 0 Å². The second-order valence-corrected chi connectivity index (χ2v) is 6.65. The first kappa shape index (κ1) is 16.0. The molecule has 0 heterocycles. The summed E-state index contributed by atoms with van der Waals surface area (Å²) in [6, 6.07) is -0.680. The molecule has 0 aromatic heterocycles. The Morgan fingerprint density at radius 2 is 1.84 bits per heavy atom. The van der Waals surface area contributed by atoms with Gasteiger partial charge < -0.3 is 16.8 Å². The molecule has 3 atom stereocenters. The van der Waals surface area contributed by atoms with Gasteiger partial charge in [0, 0.05) is 6.04 Å². The quantitative estimate of drug-likeness (QED) is 0.707. The van der Waals surface area contributed by atoms with Crippen LogP contribution in [-0.4, -0.2) is 23.9 Å². The van der Waals surface area contributed by atoms with Crippen LogP contribution in [0, 0.1) is 11.3 Å². The third kappa shape index (κ3) is 4.82. The third-order valence-electron chi connectivity index (χ3n) is 3.96. The van der Waals surface area contributed by atoms with Gasteiger partial charge in [-0.25, -0.2) is 0 Å². The maximum absolute atomic E-state index is 12.0. The van der Waals surface area contributed by atoms with Gasteiger partial charge in [-0.2, -0.15) is 0 Å². The summed E-state index contributed by atoms with van der Waals surface area (Å²) in [7, 11) is 0. The van der Waals surface area contributed by atoms with Crippen molar-refractivity contribution in [2.75, 3.05) is 0 Å². The van der Waals surface area contributed by atoms with Crippen molar-refractivity contribution in [1.82, 2.24) is 5.32 Å². The Kier molecular flexibility index (Phi) is 5.35. The summed E-state index contributed by atoms with van der Waals surface area (Å²) < 4.78 is 0. The van der Waals surface area contributed by atoms with Crippen LogP contribution in [-0.2, 0) is 9.59 Å². The molecule has 1 rings (SSSR count). The van der Waals surface area contributed by atoms with E-state index in [0.717, 1.165) is 19.3 Å². The van der Waals surface area contributed by atoms with Crippen LogP contribution in [0.3, 0.4) is 0 Å². The molecule has 0 saturated heterocycles. The molecule has 1 aliphatic carbocycles. The van der Waals surface area contributed by atoms with E-state index in [1.54, 1.807) is 0 Å². The van der Waals surface area contributed by atoms with E-state index < -0.39 is 11.9 Å². The van der Waals surface area contributed by atoms with Crippen LogP contribution in [0.15, 0.2) is 0 Å². The lowest BCUT2D eigenvalue weighted by atomic mass is 9.69. The average Bonchev–Trinajstić information content (AvgIpc) is 2.27. The average molecular weight is 269 g/mol. The zero-order valence-corrected chi connectivity index (χ0v) is 12.2. The maximum Gasteiger partial charge on any atom is 0.237 e. The first-order valence-electron chi connectivity index (χ1n) is 7.06. The summed E-state index contributed by atoms with van der Waals surface area (Å²) in [5.41, 5.74) is 10.9. The Bertz CT molecular complexity index is 336. The van der Waals surface area contributed by atoms with Gasteiger partial charge in [-0.3, -0.25) is 9.59 Å². The molecular formula is C14H27N3O2. The number of nitrogens with one attached hydrogen (secondary N) is 1. The largest absolute Gasteiger partial charge is 0.370 e. The summed E-state index contributed by atoms with van der Waals surface area (Å²) in [6.07, 6.45) is 4.35. The third-order valence-corrected chi connectivity index (χ3v) is 3.96. The molecule has 3 unspecified atom stereocenters. The van der Waals surface area contributed by atoms with Gasteiger partial charge in [-0.05, 0) is 24.2 Å². The molecule has 1 fully saturated rings. The van der Waals surface area contributed by atoms with E-state index in [-0.39, 0.29) is 23.8 Å². The highest BCUT2D eigenvalue weighted by Gasteiger charge is 2.35. The van der Waals surface area contributed by atoms with Crippen LogP contribution in [0.2, 0.25) is 0 Å². The Morgan fingerprint density at radius 1 is 1.26 bits per heavy atom. The fraction of sp³-hybridized carbons (Fsp3) is 0.857. The van der Waals surface area contributed by atoms with Crippen LogP contribution in [0.4, 0.5) is 0 Å². The number of rotatable bonds is 4. The lowest BCUT2D eigenvalue weighted by molar-refractivity contribution is -0.127. The molecule has 19 heavy (non-hydrogen) atoms. The molecule has 0 radical (unpaired) electrons. The molecule has 5 N–H and O–H groups in total. The highest BCUT2D eigenvalue weighted by Crippen LogP contribution is 2.37. The van der Waals surface area contributed by atoms with Crippen molar-refractivity contribution in [3.05, 3.63) is 0 Å². The first-order chi connectivity index (χ1) is 8.71. The Hall–Kier alpha value is -1.10. The van der Waals surface area contributed by atoms with Gasteiger partial charge in [0.2, 0.25) is 11.8 Å². The van der Waals surface area contributed by atoms with Gasteiger partial charge in [-0.15, -0.1) is 0 Å². The maximum atomic E-state index is 12.0. The van der Waals surface area contributed by atoms with Crippen LogP contribution >= 0.6 is 0 Å². The van der Waals surface area contributed by atoms with Crippen LogP contribution in [0.25, 0.3) is 0 Å². The van der Waals surface area contributed by atoms with Crippen LogP contribution in [0.1, 0.15) is 52.9 Å². The number of carbonyl (C=O) groups excluding carboxylic acids is 2. The van der Waals surface area contributed by atoms with E-state index in [1.807, 2.05) is 0 Å². The predicted molar refractivity (Wildman–Crippen MR) is 75.1 cm³/mol. The van der Waals surface area contributed by atoms with E-state index in [9.17, 15) is 9.59 Å². The summed E-state index contributed by atoms with van der Waals surface area (Å²) in [6.45, 7) is 6.60. The van der Waals surface area contributed by atoms with Gasteiger partial charge in [0.15, 0.2) is 0 Å². The monoisotopic (exact) mass is 269 g/mol. The molecule has 1 saturated carbocycles. The lowest BCUT2D eigenvalue weighted by Crippen LogP contribution is -2.52. The molecule has 0 spiro atoms. The minimum atomic E-state index is -0.833. The minimum absolute atomic E-state index is 0.0985. The molecule has 0 aromatic carbocycles. The fourth-order valence-corrected chi connectivity index (χ4v) is 2.94. The van der Waals surface area contributed by atoms with Crippen molar-refractivity contribution >= 4 is 11.8 Å². The lowest BCUT2D eigenvalue weighted by Gasteiger charge is -2.41. The van der Waals surface area contributed by atoms with Crippen molar-refractivity contribution in [1.29, 1.82) is 0 Å². The van der Waals surface area contributed by atoms with Crippen molar-refractivity contribution < 1.29 is 9.59 Å². The van der Waals surface area contributed by atoms with Crippen molar-refractivity contribution in [2.45, 2.75) is 65.0 Å². The molecule has 2 amide bonds. The minimum Gasteiger partial charge on any atom is -0.370 e. The Morgan fingerprint density at radius 3 is 2.37 bits per heavy atom. The number of amides is 2. The number of primary amides is 1. The standard InChI is InChI=1S/C14H27N3O2/c1-14(2,3)9-6-4-5-7-11(9)17-13(19)10(15)8-12(16)18/h9-11H,4-8,15H2,1-3H3,(H2,16,18)(H,17,19). The van der Waals surface area contributed by atoms with E-state index in [2.05, 4.69) is 26.1 Å². The molecule has 0 aromatic rings. The summed E-state index contributed by atoms with van der Waals surface area (Å²) >= 11 is 0. The second kappa shape index (κ2) is 6.37. The van der Waals surface area contributed by atoms with E-state index in [1.165, 1.54) is 6.42 Å². The summed E-state index contributed by atoms with van der Waals surface area (Å²) in [5, 5.41) is 3.01. The van der Waals surface area contributed by atoms with Crippen molar-refractivity contribution in [2.24, 2.45) is 22.8 Å². The zero-order valence-electron chi connectivity index (χ0n) is 12.2. The van der Waals surface area contributed by atoms with E-state index in [4.69, 9.17) is 11.5 Å². The Balaban J connectivity index is 2.62. The molecule has 0 bridgehead atoms. The first-order valence-corrected chi connectivity index (χ1v) is 7.06. The van der Waals surface area contributed by atoms with Crippen LogP contribution in [0.5, 0.6) is 0 Å². The normalized spacial score (nSPS) is 25.7. The van der Waals surface area contributed by atoms with E-state index >= 15 is 0 Å². The highest BCUT2D eigenvalue weighted by atomic mass is 16.2. The zero-order chi connectivity index (χ0) is 14.6. The van der Waals surface area contributed by atoms with Gasteiger partial charge in [0.25, 0.3) is 0 Å². The number of carbonyl (C=O) groups is 2. The number of hydrogen-bond acceptors (Lipinski definition) is 3. The Labute approximate surface area is 115 Å². The topological polar surface area (TPSA) is 98.2 Å². The van der Waals surface area contributed by atoms with Gasteiger partial charge in [0.1, 0.15) is 0 Å². The molecule has 5 heteroatoms. The van der Waals surface area contributed by atoms with Crippen LogP contribution < -0.4 is 16.8 Å². The van der Waals surface area contributed by atoms with Gasteiger partial charge in [0.05, 0.1) is 12.5 Å². The predicted octanol–water partition coefficient (Wildman–Crippen LogP) is 0.910. The van der Waals surface area contributed by atoms with Gasteiger partial charge >= 0.3 is 0 Å². The fourth-order valence-electron chi connectivity index (χ4n) is 2.94. The molecule has 1 aliphatic rings.